The Morgan fingerprint density at radius 3 is 2.38 bits per heavy atom. The van der Waals surface area contributed by atoms with E-state index in [0.717, 1.165) is 11.1 Å². The van der Waals surface area contributed by atoms with Crippen molar-refractivity contribution in [2.75, 3.05) is 20.3 Å². The number of urea groups is 1. The standard InChI is InChI=1S/C24H26N2O6/c1-5-31-23(28)20-19(13-32-22(27)18-12-14(2)6-7-15(18)3)25-24(29)26-21(20)16-8-10-17(30-4)11-9-16/h6-12,21H,5,13H2,1-4H3,(H2,25,26,29). The lowest BCUT2D eigenvalue weighted by Crippen LogP contribution is -2.47. The van der Waals surface area contributed by atoms with Crippen LogP contribution < -0.4 is 15.4 Å². The van der Waals surface area contributed by atoms with Gasteiger partial charge in [-0.15, -0.1) is 0 Å². The highest BCUT2D eigenvalue weighted by molar-refractivity contribution is 5.96. The van der Waals surface area contributed by atoms with Gasteiger partial charge in [-0.1, -0.05) is 29.8 Å². The van der Waals surface area contributed by atoms with E-state index in [9.17, 15) is 14.4 Å². The summed E-state index contributed by atoms with van der Waals surface area (Å²) in [6, 6.07) is 11.1. The van der Waals surface area contributed by atoms with Gasteiger partial charge in [-0.3, -0.25) is 0 Å². The van der Waals surface area contributed by atoms with Gasteiger partial charge in [-0.05, 0) is 50.1 Å². The van der Waals surface area contributed by atoms with Crippen LogP contribution in [-0.2, 0) is 14.3 Å². The number of methoxy groups -OCH3 is 1. The molecule has 0 saturated carbocycles. The Morgan fingerprint density at radius 1 is 1.00 bits per heavy atom. The Labute approximate surface area is 186 Å². The number of carbonyl (C=O) groups excluding carboxylic acids is 3. The van der Waals surface area contributed by atoms with E-state index in [1.165, 1.54) is 0 Å². The summed E-state index contributed by atoms with van der Waals surface area (Å²) in [7, 11) is 1.55. The first kappa shape index (κ1) is 22.9. The summed E-state index contributed by atoms with van der Waals surface area (Å²) >= 11 is 0. The molecule has 1 heterocycles. The molecular weight excluding hydrogens is 412 g/mol. The highest BCUT2D eigenvalue weighted by atomic mass is 16.5. The summed E-state index contributed by atoms with van der Waals surface area (Å²) in [6.45, 7) is 5.24. The lowest BCUT2D eigenvalue weighted by molar-refractivity contribution is -0.139. The second-order valence-corrected chi connectivity index (χ2v) is 7.31. The maximum Gasteiger partial charge on any atom is 0.338 e. The molecule has 1 unspecified atom stereocenters. The average Bonchev–Trinajstić information content (AvgIpc) is 2.78. The summed E-state index contributed by atoms with van der Waals surface area (Å²) in [5, 5.41) is 5.32. The molecule has 0 fully saturated rings. The lowest BCUT2D eigenvalue weighted by Gasteiger charge is -2.29. The number of ether oxygens (including phenoxy) is 3. The number of carbonyl (C=O) groups is 3. The average molecular weight is 438 g/mol. The molecule has 8 nitrogen and oxygen atoms in total. The fraction of sp³-hybridized carbons (Fsp3) is 0.292. The quantitative estimate of drug-likeness (QED) is 0.643. The monoisotopic (exact) mass is 438 g/mol. The van der Waals surface area contributed by atoms with Gasteiger partial charge >= 0.3 is 18.0 Å². The first-order chi connectivity index (χ1) is 15.3. The van der Waals surface area contributed by atoms with Gasteiger partial charge in [0, 0.05) is 0 Å². The first-order valence-electron chi connectivity index (χ1n) is 10.2. The van der Waals surface area contributed by atoms with E-state index in [1.807, 2.05) is 26.0 Å². The van der Waals surface area contributed by atoms with Crippen molar-refractivity contribution in [3.63, 3.8) is 0 Å². The summed E-state index contributed by atoms with van der Waals surface area (Å²) < 4.78 is 15.9. The fourth-order valence-electron chi connectivity index (χ4n) is 3.40. The smallest absolute Gasteiger partial charge is 0.338 e. The first-order valence-corrected chi connectivity index (χ1v) is 10.2. The number of nitrogens with one attached hydrogen (secondary N) is 2. The minimum Gasteiger partial charge on any atom is -0.497 e. The summed E-state index contributed by atoms with van der Waals surface area (Å²) in [5.41, 5.74) is 3.11. The maximum atomic E-state index is 12.8. The number of rotatable bonds is 7. The minimum atomic E-state index is -0.775. The molecule has 0 saturated heterocycles. The number of hydrogen-bond donors (Lipinski definition) is 2. The van der Waals surface area contributed by atoms with Crippen LogP contribution in [0, 0.1) is 13.8 Å². The second kappa shape index (κ2) is 10.00. The summed E-state index contributed by atoms with van der Waals surface area (Å²) in [4.78, 5) is 37.8. The third kappa shape index (κ3) is 5.08. The number of esters is 2. The highest BCUT2D eigenvalue weighted by Gasteiger charge is 2.34. The topological polar surface area (TPSA) is 103 Å². The summed E-state index contributed by atoms with van der Waals surface area (Å²) in [5.74, 6) is -0.521. The molecule has 1 atom stereocenters. The van der Waals surface area contributed by atoms with E-state index < -0.39 is 24.0 Å². The van der Waals surface area contributed by atoms with Gasteiger partial charge in [-0.25, -0.2) is 14.4 Å². The molecule has 0 aromatic heterocycles. The van der Waals surface area contributed by atoms with Gasteiger partial charge in [0.2, 0.25) is 0 Å². The number of benzene rings is 2. The molecule has 32 heavy (non-hydrogen) atoms. The lowest BCUT2D eigenvalue weighted by atomic mass is 9.95. The normalized spacial score (nSPS) is 15.5. The zero-order chi connectivity index (χ0) is 23.3. The van der Waals surface area contributed by atoms with Crippen LogP contribution in [-0.4, -0.2) is 38.3 Å². The third-order valence-electron chi connectivity index (χ3n) is 5.06. The molecule has 1 aliphatic heterocycles. The predicted molar refractivity (Wildman–Crippen MR) is 117 cm³/mol. The Kier molecular flexibility index (Phi) is 7.14. The van der Waals surface area contributed by atoms with Crippen LogP contribution in [0.3, 0.4) is 0 Å². The predicted octanol–water partition coefficient (Wildman–Crippen LogP) is 3.34. The van der Waals surface area contributed by atoms with Crippen molar-refractivity contribution in [2.24, 2.45) is 0 Å². The van der Waals surface area contributed by atoms with Crippen molar-refractivity contribution in [1.29, 1.82) is 0 Å². The fourth-order valence-corrected chi connectivity index (χ4v) is 3.40. The largest absolute Gasteiger partial charge is 0.497 e. The molecule has 0 radical (unpaired) electrons. The van der Waals surface area contributed by atoms with Crippen LogP contribution in [0.4, 0.5) is 4.79 Å². The SMILES string of the molecule is CCOC(=O)C1=C(COC(=O)c2cc(C)ccc2C)NC(=O)NC1c1ccc(OC)cc1. The van der Waals surface area contributed by atoms with Crippen molar-refractivity contribution in [2.45, 2.75) is 26.8 Å². The van der Waals surface area contributed by atoms with Gasteiger partial charge in [0.25, 0.3) is 0 Å². The third-order valence-corrected chi connectivity index (χ3v) is 5.06. The van der Waals surface area contributed by atoms with Crippen LogP contribution in [0.15, 0.2) is 53.7 Å². The molecular formula is C24H26N2O6. The molecule has 3 rings (SSSR count). The zero-order valence-electron chi connectivity index (χ0n) is 18.5. The second-order valence-electron chi connectivity index (χ2n) is 7.31. The molecule has 8 heteroatoms. The molecule has 2 N–H and O–H groups in total. The van der Waals surface area contributed by atoms with Crippen LogP contribution in [0.25, 0.3) is 0 Å². The van der Waals surface area contributed by atoms with Crippen molar-refractivity contribution in [1.82, 2.24) is 10.6 Å². The van der Waals surface area contributed by atoms with Crippen LogP contribution in [0.1, 0.15) is 40.0 Å². The molecule has 2 aromatic carbocycles. The Bertz CT molecular complexity index is 1060. The summed E-state index contributed by atoms with van der Waals surface area (Å²) in [6.07, 6.45) is 0. The molecule has 0 spiro atoms. The Morgan fingerprint density at radius 2 is 1.72 bits per heavy atom. The van der Waals surface area contributed by atoms with Crippen molar-refractivity contribution >= 4 is 18.0 Å². The van der Waals surface area contributed by atoms with E-state index in [1.54, 1.807) is 44.4 Å². The van der Waals surface area contributed by atoms with Crippen LogP contribution >= 0.6 is 0 Å². The maximum absolute atomic E-state index is 12.8. The van der Waals surface area contributed by atoms with Gasteiger partial charge < -0.3 is 24.8 Å². The highest BCUT2D eigenvalue weighted by Crippen LogP contribution is 2.29. The van der Waals surface area contributed by atoms with Gasteiger partial charge in [-0.2, -0.15) is 0 Å². The van der Waals surface area contributed by atoms with E-state index in [4.69, 9.17) is 14.2 Å². The van der Waals surface area contributed by atoms with Gasteiger partial charge in [0.1, 0.15) is 12.4 Å². The minimum absolute atomic E-state index is 0.154. The van der Waals surface area contributed by atoms with Crippen LogP contribution in [0.5, 0.6) is 5.75 Å². The Balaban J connectivity index is 1.93. The zero-order valence-corrected chi connectivity index (χ0v) is 18.5. The van der Waals surface area contributed by atoms with Crippen molar-refractivity contribution in [3.05, 3.63) is 76.0 Å². The van der Waals surface area contributed by atoms with Crippen LogP contribution in [0.2, 0.25) is 0 Å². The molecule has 0 aliphatic carbocycles. The molecule has 2 amide bonds. The molecule has 2 aromatic rings. The molecule has 1 aliphatic rings. The number of amides is 2. The van der Waals surface area contributed by atoms with E-state index in [2.05, 4.69) is 10.6 Å². The van der Waals surface area contributed by atoms with E-state index in [-0.39, 0.29) is 24.5 Å². The van der Waals surface area contributed by atoms with E-state index >= 15 is 0 Å². The van der Waals surface area contributed by atoms with Gasteiger partial charge in [0.05, 0.1) is 36.6 Å². The molecule has 0 bridgehead atoms. The van der Waals surface area contributed by atoms with Crippen molar-refractivity contribution in [3.8, 4) is 5.75 Å². The number of hydrogen-bond acceptors (Lipinski definition) is 6. The van der Waals surface area contributed by atoms with Gasteiger partial charge in [0.15, 0.2) is 0 Å². The van der Waals surface area contributed by atoms with Crippen molar-refractivity contribution < 1.29 is 28.6 Å². The Hall–Kier alpha value is -3.81. The number of aryl methyl sites for hydroxylation is 2. The van der Waals surface area contributed by atoms with E-state index in [0.29, 0.717) is 16.9 Å². The molecule has 168 valence electrons.